The molecule has 0 saturated carbocycles. The lowest BCUT2D eigenvalue weighted by Gasteiger charge is -2.45. The molecule has 36 heavy (non-hydrogen) atoms. The molecule has 1 aliphatic rings. The quantitative estimate of drug-likeness (QED) is 0.438. The van der Waals surface area contributed by atoms with Gasteiger partial charge in [-0.05, 0) is 42.7 Å². The standard InChI is InChI=1S/C26H26F3N3O4/c1-3-26(35)13(2)36-21(11-22(26)34)15-7-8-31-12-14(15)9-20(33)25-19(30)10-18(29)24(32-25)23-16(27)5-4-6-17(23)28/h4-8,10,12-13,21-22,34-35H,3,9,11,30H2,1-2H3/t13-,21-,22-,26-/m1/s1. The number of hydrogen-bond donors (Lipinski definition) is 3. The molecule has 10 heteroatoms. The molecule has 4 N–H and O–H groups in total. The number of Topliss-reactive ketones (excluding diaryl/α,β-unsaturated/α-hetero) is 1. The van der Waals surface area contributed by atoms with Crippen LogP contribution in [0.3, 0.4) is 0 Å². The summed E-state index contributed by atoms with van der Waals surface area (Å²) in [5, 5.41) is 21.3. The van der Waals surface area contributed by atoms with Crippen molar-refractivity contribution in [3.63, 3.8) is 0 Å². The van der Waals surface area contributed by atoms with Crippen LogP contribution in [0.5, 0.6) is 0 Å². The molecule has 0 radical (unpaired) electrons. The van der Waals surface area contributed by atoms with Gasteiger partial charge in [-0.2, -0.15) is 0 Å². The van der Waals surface area contributed by atoms with E-state index in [0.29, 0.717) is 17.5 Å². The monoisotopic (exact) mass is 501 g/mol. The molecular weight excluding hydrogens is 475 g/mol. The van der Waals surface area contributed by atoms with Gasteiger partial charge < -0.3 is 20.7 Å². The highest BCUT2D eigenvalue weighted by Crippen LogP contribution is 2.40. The zero-order chi connectivity index (χ0) is 26.2. The predicted octanol–water partition coefficient (Wildman–Crippen LogP) is 3.92. The van der Waals surface area contributed by atoms with Crippen LogP contribution in [-0.4, -0.2) is 43.8 Å². The van der Waals surface area contributed by atoms with Crippen molar-refractivity contribution in [2.75, 3.05) is 5.73 Å². The van der Waals surface area contributed by atoms with Crippen LogP contribution in [0.1, 0.15) is 54.4 Å². The van der Waals surface area contributed by atoms with E-state index in [0.717, 1.165) is 24.3 Å². The Kier molecular flexibility index (Phi) is 7.12. The van der Waals surface area contributed by atoms with Crippen LogP contribution in [0.25, 0.3) is 11.3 Å². The maximum Gasteiger partial charge on any atom is 0.187 e. The molecule has 7 nitrogen and oxygen atoms in total. The number of benzene rings is 1. The zero-order valence-corrected chi connectivity index (χ0v) is 19.7. The third-order valence-electron chi connectivity index (χ3n) is 6.76. The van der Waals surface area contributed by atoms with Crippen molar-refractivity contribution in [2.45, 2.75) is 57.0 Å². The Bertz CT molecular complexity index is 1270. The van der Waals surface area contributed by atoms with Gasteiger partial charge in [-0.15, -0.1) is 0 Å². The van der Waals surface area contributed by atoms with Crippen LogP contribution in [0.4, 0.5) is 18.9 Å². The first-order valence-corrected chi connectivity index (χ1v) is 11.5. The Morgan fingerprint density at radius 3 is 2.56 bits per heavy atom. The van der Waals surface area contributed by atoms with E-state index in [2.05, 4.69) is 9.97 Å². The molecule has 0 bridgehead atoms. The van der Waals surface area contributed by atoms with Gasteiger partial charge in [-0.25, -0.2) is 18.2 Å². The topological polar surface area (TPSA) is 119 Å². The second kappa shape index (κ2) is 9.96. The number of hydrogen-bond acceptors (Lipinski definition) is 7. The Hall–Kier alpha value is -3.34. The van der Waals surface area contributed by atoms with E-state index in [9.17, 15) is 28.2 Å². The third kappa shape index (κ3) is 4.59. The molecule has 1 saturated heterocycles. The minimum Gasteiger partial charge on any atom is -0.397 e. The van der Waals surface area contributed by atoms with E-state index in [1.54, 1.807) is 19.9 Å². The number of nitrogen functional groups attached to an aromatic ring is 1. The number of ketones is 1. The summed E-state index contributed by atoms with van der Waals surface area (Å²) in [7, 11) is 0. The van der Waals surface area contributed by atoms with Crippen molar-refractivity contribution in [1.29, 1.82) is 0 Å². The molecule has 4 atom stereocenters. The highest BCUT2D eigenvalue weighted by atomic mass is 19.1. The number of carbonyl (C=O) groups is 1. The summed E-state index contributed by atoms with van der Waals surface area (Å²) in [6.45, 7) is 3.42. The minimum atomic E-state index is -1.40. The highest BCUT2D eigenvalue weighted by molar-refractivity contribution is 6.00. The van der Waals surface area contributed by atoms with Crippen molar-refractivity contribution >= 4 is 11.5 Å². The van der Waals surface area contributed by atoms with Crippen molar-refractivity contribution < 1.29 is 32.9 Å². The van der Waals surface area contributed by atoms with Gasteiger partial charge in [0.2, 0.25) is 0 Å². The summed E-state index contributed by atoms with van der Waals surface area (Å²) < 4.78 is 49.1. The highest BCUT2D eigenvalue weighted by Gasteiger charge is 2.47. The third-order valence-corrected chi connectivity index (χ3v) is 6.76. The molecule has 1 fully saturated rings. The van der Waals surface area contributed by atoms with Crippen LogP contribution in [0.2, 0.25) is 0 Å². The number of aromatic nitrogens is 2. The summed E-state index contributed by atoms with van der Waals surface area (Å²) >= 11 is 0. The number of carbonyl (C=O) groups excluding carboxylic acids is 1. The van der Waals surface area contributed by atoms with Crippen molar-refractivity contribution in [1.82, 2.24) is 9.97 Å². The molecule has 4 rings (SSSR count). The molecule has 1 aromatic carbocycles. The second-order valence-corrected chi connectivity index (χ2v) is 8.89. The van der Waals surface area contributed by atoms with Gasteiger partial charge >= 0.3 is 0 Å². The zero-order valence-electron chi connectivity index (χ0n) is 19.7. The maximum absolute atomic E-state index is 14.6. The van der Waals surface area contributed by atoms with E-state index >= 15 is 0 Å². The number of ether oxygens (including phenoxy) is 1. The number of pyridine rings is 2. The summed E-state index contributed by atoms with van der Waals surface area (Å²) in [6.07, 6.45) is 0.709. The van der Waals surface area contributed by atoms with E-state index in [1.807, 2.05) is 0 Å². The van der Waals surface area contributed by atoms with Gasteiger partial charge in [0.25, 0.3) is 0 Å². The first kappa shape index (κ1) is 25.7. The summed E-state index contributed by atoms with van der Waals surface area (Å²) in [5.41, 5.74) is 3.47. The first-order chi connectivity index (χ1) is 17.1. The fraction of sp³-hybridized carbons (Fsp3) is 0.346. The number of nitrogens with zero attached hydrogens (tertiary/aromatic N) is 2. The molecule has 0 spiro atoms. The van der Waals surface area contributed by atoms with Crippen LogP contribution < -0.4 is 5.73 Å². The molecule has 190 valence electrons. The van der Waals surface area contributed by atoms with E-state index in [4.69, 9.17) is 10.5 Å². The largest absolute Gasteiger partial charge is 0.397 e. The van der Waals surface area contributed by atoms with E-state index < -0.39 is 58.4 Å². The number of rotatable bonds is 6. The molecule has 0 unspecified atom stereocenters. The fourth-order valence-corrected chi connectivity index (χ4v) is 4.60. The number of aliphatic hydroxyl groups is 2. The lowest BCUT2D eigenvalue weighted by molar-refractivity contribution is -0.224. The average molecular weight is 502 g/mol. The SMILES string of the molecule is CC[C@]1(O)[C@H](O)C[C@H](c2ccncc2CC(=O)c2nc(-c3c(F)cccc3F)c(F)cc2N)O[C@@H]1C. The van der Waals surface area contributed by atoms with Gasteiger partial charge in [-0.1, -0.05) is 13.0 Å². The number of nitrogens with two attached hydrogens (primary N) is 1. The molecule has 0 aliphatic carbocycles. The van der Waals surface area contributed by atoms with Crippen molar-refractivity contribution in [2.24, 2.45) is 0 Å². The van der Waals surface area contributed by atoms with Crippen molar-refractivity contribution in [3.8, 4) is 11.3 Å². The second-order valence-electron chi connectivity index (χ2n) is 8.89. The summed E-state index contributed by atoms with van der Waals surface area (Å²) in [6, 6.07) is 5.49. The van der Waals surface area contributed by atoms with Crippen LogP contribution in [-0.2, 0) is 11.2 Å². The average Bonchev–Trinajstić information content (AvgIpc) is 2.83. The number of anilines is 1. The molecule has 3 aromatic rings. The number of halogens is 3. The minimum absolute atomic E-state index is 0.0908. The lowest BCUT2D eigenvalue weighted by atomic mass is 9.81. The van der Waals surface area contributed by atoms with E-state index in [1.165, 1.54) is 12.4 Å². The molecule has 1 aliphatic heterocycles. The van der Waals surface area contributed by atoms with E-state index in [-0.39, 0.29) is 24.2 Å². The summed E-state index contributed by atoms with van der Waals surface area (Å²) in [4.78, 5) is 21.2. The molecule has 3 heterocycles. The Balaban J connectivity index is 1.66. The Labute approximate surface area is 205 Å². The lowest BCUT2D eigenvalue weighted by Crippen LogP contribution is -2.56. The smallest absolute Gasteiger partial charge is 0.187 e. The summed E-state index contributed by atoms with van der Waals surface area (Å²) in [5.74, 6) is -3.77. The normalized spacial score (nSPS) is 24.0. The Morgan fingerprint density at radius 1 is 1.22 bits per heavy atom. The fourth-order valence-electron chi connectivity index (χ4n) is 4.60. The Morgan fingerprint density at radius 2 is 1.92 bits per heavy atom. The molecule has 0 amide bonds. The first-order valence-electron chi connectivity index (χ1n) is 11.5. The van der Waals surface area contributed by atoms with Crippen molar-refractivity contribution in [3.05, 3.63) is 77.0 Å². The van der Waals surface area contributed by atoms with Gasteiger partial charge in [0.1, 0.15) is 28.6 Å². The maximum atomic E-state index is 14.6. The van der Waals surface area contributed by atoms with Crippen LogP contribution in [0.15, 0.2) is 42.7 Å². The van der Waals surface area contributed by atoms with Gasteiger partial charge in [-0.3, -0.25) is 9.78 Å². The number of aliphatic hydroxyl groups excluding tert-OH is 1. The van der Waals surface area contributed by atoms with Crippen LogP contribution >= 0.6 is 0 Å². The molecular formula is C26H26F3N3O4. The van der Waals surface area contributed by atoms with Gasteiger partial charge in [0.15, 0.2) is 11.6 Å². The van der Waals surface area contributed by atoms with Crippen LogP contribution in [0, 0.1) is 17.5 Å². The predicted molar refractivity (Wildman–Crippen MR) is 125 cm³/mol. The van der Waals surface area contributed by atoms with Gasteiger partial charge in [0.05, 0.1) is 29.6 Å². The van der Waals surface area contributed by atoms with Gasteiger partial charge in [0, 0.05) is 31.3 Å². The molecule has 2 aromatic heterocycles.